The van der Waals surface area contributed by atoms with Gasteiger partial charge < -0.3 is 28.4 Å². The summed E-state index contributed by atoms with van der Waals surface area (Å²) < 4.78 is 29.7. The van der Waals surface area contributed by atoms with E-state index in [2.05, 4.69) is 13.2 Å². The third-order valence-electron chi connectivity index (χ3n) is 4.87. The maximum absolute atomic E-state index is 12.5. The van der Waals surface area contributed by atoms with Gasteiger partial charge in [0.05, 0.1) is 64.3 Å². The van der Waals surface area contributed by atoms with Gasteiger partial charge in [-0.2, -0.15) is 0 Å². The summed E-state index contributed by atoms with van der Waals surface area (Å²) in [5.74, 6) is -7.31. The van der Waals surface area contributed by atoms with Crippen molar-refractivity contribution in [1.82, 2.24) is 0 Å². The quantitative estimate of drug-likeness (QED) is 0.102. The van der Waals surface area contributed by atoms with Gasteiger partial charge in [-0.1, -0.05) is 13.2 Å². The van der Waals surface area contributed by atoms with Gasteiger partial charge in [0.15, 0.2) is 0 Å². The van der Waals surface area contributed by atoms with E-state index in [0.29, 0.717) is 0 Å². The lowest BCUT2D eigenvalue weighted by atomic mass is 9.97. The molecule has 0 bridgehead atoms. The Balaban J connectivity index is 4.89. The van der Waals surface area contributed by atoms with Crippen molar-refractivity contribution in [3.8, 4) is 0 Å². The second-order valence-corrected chi connectivity index (χ2v) is 7.66. The van der Waals surface area contributed by atoms with Crippen LogP contribution < -0.4 is 0 Å². The third-order valence-corrected chi connectivity index (χ3v) is 4.87. The van der Waals surface area contributed by atoms with Crippen LogP contribution >= 0.6 is 0 Å². The maximum atomic E-state index is 12.5. The first-order valence-electron chi connectivity index (χ1n) is 12.4. The average molecular weight is 543 g/mol. The van der Waals surface area contributed by atoms with Gasteiger partial charge in [-0.05, 0) is 40.5 Å². The predicted molar refractivity (Wildman–Crippen MR) is 132 cm³/mol. The van der Waals surface area contributed by atoms with Crippen LogP contribution in [-0.4, -0.2) is 75.5 Å². The van der Waals surface area contributed by atoms with Crippen molar-refractivity contribution in [3.63, 3.8) is 0 Å². The van der Waals surface area contributed by atoms with Gasteiger partial charge in [0.2, 0.25) is 0 Å². The van der Waals surface area contributed by atoms with Gasteiger partial charge in [0.25, 0.3) is 0 Å². The van der Waals surface area contributed by atoms with Crippen molar-refractivity contribution >= 4 is 35.8 Å². The van der Waals surface area contributed by atoms with Crippen molar-refractivity contribution in [2.75, 3.05) is 39.6 Å². The van der Waals surface area contributed by atoms with E-state index in [1.54, 1.807) is 27.7 Å². The number of unbranched alkanes of at least 4 members (excludes halogenated alkanes) is 1. The Kier molecular flexibility index (Phi) is 17.5. The van der Waals surface area contributed by atoms with Crippen LogP contribution in [0.3, 0.4) is 0 Å². The van der Waals surface area contributed by atoms with Crippen LogP contribution in [0, 0.1) is 11.8 Å². The first-order valence-corrected chi connectivity index (χ1v) is 12.4. The zero-order chi connectivity index (χ0) is 29.1. The Morgan fingerprint density at radius 3 is 1.13 bits per heavy atom. The summed E-state index contributed by atoms with van der Waals surface area (Å²) in [4.78, 5) is 72.8. The minimum absolute atomic E-state index is 0.0610. The average Bonchev–Trinajstić information content (AvgIpc) is 2.87. The lowest BCUT2D eigenvalue weighted by Crippen LogP contribution is -2.28. The van der Waals surface area contributed by atoms with E-state index in [4.69, 9.17) is 28.4 Å². The number of ether oxygens (including phenoxy) is 6. The predicted octanol–water partition coefficient (Wildman–Crippen LogP) is 2.23. The summed E-state index contributed by atoms with van der Waals surface area (Å²) in [5.41, 5.74) is -0.457. The molecule has 0 aliphatic rings. The molecule has 2 atom stereocenters. The standard InChI is InChI=1S/C26H38O12/c1-7-33-21(27)15-19(17(5)23(29)35-9-3)25(31)37-13-11-12-14-38-26(32)20(16-22(28)34-8-2)18(6)24(30)36-10-4/h19-20H,5-16H2,1-4H3. The van der Waals surface area contributed by atoms with Crippen LogP contribution in [-0.2, 0) is 57.2 Å². The molecular formula is C26H38O12. The van der Waals surface area contributed by atoms with Gasteiger partial charge in [-0.15, -0.1) is 0 Å². The molecule has 38 heavy (non-hydrogen) atoms. The molecular weight excluding hydrogens is 504 g/mol. The zero-order valence-corrected chi connectivity index (χ0v) is 22.5. The lowest BCUT2D eigenvalue weighted by molar-refractivity contribution is -0.156. The monoisotopic (exact) mass is 542 g/mol. The molecule has 0 amide bonds. The molecule has 0 heterocycles. The van der Waals surface area contributed by atoms with Crippen molar-refractivity contribution in [1.29, 1.82) is 0 Å². The van der Waals surface area contributed by atoms with E-state index in [1.165, 1.54) is 0 Å². The topological polar surface area (TPSA) is 158 Å². The fraction of sp³-hybridized carbons (Fsp3) is 0.615. The van der Waals surface area contributed by atoms with Crippen molar-refractivity contribution < 1.29 is 57.2 Å². The summed E-state index contributed by atoms with van der Waals surface area (Å²) in [6.07, 6.45) is -0.348. The number of hydrogen-bond acceptors (Lipinski definition) is 12. The maximum Gasteiger partial charge on any atom is 0.334 e. The summed E-state index contributed by atoms with van der Waals surface area (Å²) in [7, 11) is 0. The highest BCUT2D eigenvalue weighted by Gasteiger charge is 2.32. The summed E-state index contributed by atoms with van der Waals surface area (Å²) in [5, 5.41) is 0. The molecule has 12 heteroatoms. The summed E-state index contributed by atoms with van der Waals surface area (Å²) >= 11 is 0. The Morgan fingerprint density at radius 2 is 0.842 bits per heavy atom. The van der Waals surface area contributed by atoms with E-state index >= 15 is 0 Å². The Labute approximate surface area is 222 Å². The number of carbonyl (C=O) groups excluding carboxylic acids is 6. The third kappa shape index (κ3) is 13.0. The van der Waals surface area contributed by atoms with Gasteiger partial charge in [0.1, 0.15) is 0 Å². The highest BCUT2D eigenvalue weighted by atomic mass is 16.6. The van der Waals surface area contributed by atoms with E-state index < -0.39 is 60.5 Å². The zero-order valence-electron chi connectivity index (χ0n) is 22.5. The molecule has 0 spiro atoms. The molecule has 0 N–H and O–H groups in total. The largest absolute Gasteiger partial charge is 0.466 e. The number of hydrogen-bond donors (Lipinski definition) is 0. The first kappa shape index (κ1) is 34.3. The number of esters is 6. The second-order valence-electron chi connectivity index (χ2n) is 7.66. The molecule has 0 saturated carbocycles. The van der Waals surface area contributed by atoms with E-state index in [-0.39, 0.29) is 63.6 Å². The lowest BCUT2D eigenvalue weighted by Gasteiger charge is -2.17. The van der Waals surface area contributed by atoms with Crippen LogP contribution in [0.1, 0.15) is 53.4 Å². The van der Waals surface area contributed by atoms with Gasteiger partial charge in [-0.3, -0.25) is 19.2 Å². The molecule has 2 unspecified atom stereocenters. The summed E-state index contributed by atoms with van der Waals surface area (Å²) in [6.45, 7) is 13.6. The molecule has 0 fully saturated rings. The van der Waals surface area contributed by atoms with E-state index in [1.807, 2.05) is 0 Å². The van der Waals surface area contributed by atoms with Gasteiger partial charge in [-0.25, -0.2) is 9.59 Å². The van der Waals surface area contributed by atoms with Crippen molar-refractivity contribution in [3.05, 3.63) is 24.3 Å². The number of carbonyl (C=O) groups is 6. The molecule has 0 radical (unpaired) electrons. The van der Waals surface area contributed by atoms with E-state index in [9.17, 15) is 28.8 Å². The fourth-order valence-corrected chi connectivity index (χ4v) is 2.95. The van der Waals surface area contributed by atoms with Gasteiger partial charge in [0, 0.05) is 11.1 Å². The number of rotatable bonds is 19. The molecule has 214 valence electrons. The molecule has 12 nitrogen and oxygen atoms in total. The highest BCUT2D eigenvalue weighted by Crippen LogP contribution is 2.20. The molecule has 0 aromatic carbocycles. The smallest absolute Gasteiger partial charge is 0.334 e. The highest BCUT2D eigenvalue weighted by molar-refractivity contribution is 5.97. The van der Waals surface area contributed by atoms with Crippen LogP contribution in [0.15, 0.2) is 24.3 Å². The van der Waals surface area contributed by atoms with Crippen molar-refractivity contribution in [2.45, 2.75) is 53.4 Å². The van der Waals surface area contributed by atoms with Crippen LogP contribution in [0.2, 0.25) is 0 Å². The minimum Gasteiger partial charge on any atom is -0.466 e. The summed E-state index contributed by atoms with van der Waals surface area (Å²) in [6, 6.07) is 0. The van der Waals surface area contributed by atoms with Gasteiger partial charge >= 0.3 is 35.8 Å². The Hall–Kier alpha value is -3.70. The molecule has 0 aliphatic carbocycles. The van der Waals surface area contributed by atoms with Crippen LogP contribution in [0.25, 0.3) is 0 Å². The molecule has 0 rings (SSSR count). The van der Waals surface area contributed by atoms with E-state index in [0.717, 1.165) is 0 Å². The minimum atomic E-state index is -1.27. The van der Waals surface area contributed by atoms with Crippen LogP contribution in [0.5, 0.6) is 0 Å². The fourth-order valence-electron chi connectivity index (χ4n) is 2.95. The first-order chi connectivity index (χ1) is 18.0. The second kappa shape index (κ2) is 19.4. The normalized spacial score (nSPS) is 11.8. The molecule has 0 aromatic rings. The SMILES string of the molecule is C=C(C(=O)OCC)C(CC(=O)OCC)C(=O)OCCCCOC(=O)C(CC(=O)OCC)C(=C)C(=O)OCC. The Bertz CT molecular complexity index is 790. The molecule has 0 aromatic heterocycles. The molecule has 0 aliphatic heterocycles. The molecule has 0 saturated heterocycles. The van der Waals surface area contributed by atoms with Crippen LogP contribution in [0.4, 0.5) is 0 Å². The van der Waals surface area contributed by atoms with Crippen molar-refractivity contribution in [2.24, 2.45) is 11.8 Å². The Morgan fingerprint density at radius 1 is 0.526 bits per heavy atom.